The van der Waals surface area contributed by atoms with Crippen molar-refractivity contribution in [2.45, 2.75) is 26.2 Å². The number of nitrogens with one attached hydrogen (secondary N) is 1. The summed E-state index contributed by atoms with van der Waals surface area (Å²) in [6.07, 6.45) is 0.716. The molecule has 7 heteroatoms. The molecule has 1 amide bonds. The summed E-state index contributed by atoms with van der Waals surface area (Å²) >= 11 is 9.37. The minimum absolute atomic E-state index is 0.118. The number of aromatic nitrogens is 2. The second-order valence-electron chi connectivity index (χ2n) is 5.84. The van der Waals surface area contributed by atoms with Crippen molar-refractivity contribution in [2.75, 3.05) is 20.2 Å². The zero-order valence-corrected chi connectivity index (χ0v) is 16.3. The molecule has 0 radical (unpaired) electrons. The highest BCUT2D eigenvalue weighted by atomic mass is 79.9. The normalized spacial score (nSPS) is 10.9. The fourth-order valence-corrected chi connectivity index (χ4v) is 3.18. The highest BCUT2D eigenvalue weighted by Crippen LogP contribution is 2.26. The first-order valence-corrected chi connectivity index (χ1v) is 8.94. The number of benzene rings is 1. The van der Waals surface area contributed by atoms with Crippen LogP contribution in [0.4, 0.5) is 0 Å². The topological polar surface area (TPSA) is 58.2 Å². The second-order valence-corrected chi connectivity index (χ2v) is 7.07. The van der Waals surface area contributed by atoms with E-state index < -0.39 is 0 Å². The molecule has 5 nitrogen and oxygen atoms in total. The fourth-order valence-electron chi connectivity index (χ4n) is 2.20. The highest BCUT2D eigenvalue weighted by molar-refractivity contribution is 9.10. The first kappa shape index (κ1) is 18.8. The zero-order chi connectivity index (χ0) is 17.7. The Labute approximate surface area is 155 Å². The molecule has 0 saturated carbocycles. The van der Waals surface area contributed by atoms with E-state index in [1.807, 2.05) is 26.0 Å². The third-order valence-electron chi connectivity index (χ3n) is 3.56. The van der Waals surface area contributed by atoms with E-state index >= 15 is 0 Å². The predicted molar refractivity (Wildman–Crippen MR) is 98.9 cm³/mol. The van der Waals surface area contributed by atoms with Gasteiger partial charge in [0.2, 0.25) is 0 Å². The number of amides is 1. The van der Waals surface area contributed by atoms with E-state index in [1.165, 1.54) is 0 Å². The van der Waals surface area contributed by atoms with Crippen molar-refractivity contribution >= 4 is 33.4 Å². The molecule has 1 aromatic carbocycles. The van der Waals surface area contributed by atoms with Gasteiger partial charge < -0.3 is 9.64 Å². The average molecular weight is 415 g/mol. The monoisotopic (exact) mass is 413 g/mol. The molecule has 1 aromatic heterocycles. The number of ether oxygens (including phenoxy) is 1. The summed E-state index contributed by atoms with van der Waals surface area (Å²) in [5.74, 6) is 0.880. The Morgan fingerprint density at radius 3 is 2.83 bits per heavy atom. The van der Waals surface area contributed by atoms with Crippen LogP contribution in [0.3, 0.4) is 0 Å². The van der Waals surface area contributed by atoms with Gasteiger partial charge in [-0.25, -0.2) is 0 Å². The summed E-state index contributed by atoms with van der Waals surface area (Å²) in [5.41, 5.74) is 1.34. The van der Waals surface area contributed by atoms with Crippen molar-refractivity contribution in [2.24, 2.45) is 0 Å². The zero-order valence-electron chi connectivity index (χ0n) is 14.0. The van der Waals surface area contributed by atoms with Crippen LogP contribution in [0.1, 0.15) is 42.4 Å². The Morgan fingerprint density at radius 1 is 1.46 bits per heavy atom. The van der Waals surface area contributed by atoms with Crippen molar-refractivity contribution in [3.05, 3.63) is 45.1 Å². The van der Waals surface area contributed by atoms with Crippen LogP contribution < -0.4 is 4.74 Å². The lowest BCUT2D eigenvalue weighted by Crippen LogP contribution is -2.29. The van der Waals surface area contributed by atoms with Crippen LogP contribution in [0.5, 0.6) is 5.75 Å². The molecule has 1 heterocycles. The molecular formula is C17H21BrClN3O2. The molecule has 0 spiro atoms. The summed E-state index contributed by atoms with van der Waals surface area (Å²) in [7, 11) is 1.76. The number of rotatable bonds is 7. The van der Waals surface area contributed by atoms with Gasteiger partial charge in [-0.05, 0) is 46.5 Å². The molecule has 130 valence electrons. The Bertz CT molecular complexity index is 703. The second kappa shape index (κ2) is 8.53. The van der Waals surface area contributed by atoms with Crippen molar-refractivity contribution < 1.29 is 9.53 Å². The summed E-state index contributed by atoms with van der Waals surface area (Å²) in [5, 5.41) is 7.70. The van der Waals surface area contributed by atoms with Gasteiger partial charge >= 0.3 is 0 Å². The molecule has 0 aliphatic rings. The van der Waals surface area contributed by atoms with E-state index in [1.54, 1.807) is 24.1 Å². The van der Waals surface area contributed by atoms with E-state index in [0.717, 1.165) is 15.9 Å². The number of carbonyl (C=O) groups excluding carboxylic acids is 1. The lowest BCUT2D eigenvalue weighted by molar-refractivity contribution is 0.0781. The van der Waals surface area contributed by atoms with E-state index in [2.05, 4.69) is 26.1 Å². The maximum absolute atomic E-state index is 12.5. The molecule has 0 saturated heterocycles. The number of hydrogen-bond acceptors (Lipinski definition) is 3. The van der Waals surface area contributed by atoms with Crippen LogP contribution >= 0.6 is 27.5 Å². The van der Waals surface area contributed by atoms with Gasteiger partial charge in [0, 0.05) is 18.6 Å². The summed E-state index contributed by atoms with van der Waals surface area (Å²) in [6.45, 7) is 5.18. The van der Waals surface area contributed by atoms with Crippen LogP contribution in [-0.2, 0) is 0 Å². The molecule has 0 fully saturated rings. The number of aromatic amines is 1. The van der Waals surface area contributed by atoms with Gasteiger partial charge in [0.05, 0.1) is 16.8 Å². The van der Waals surface area contributed by atoms with Gasteiger partial charge in [-0.15, -0.1) is 0 Å². The maximum Gasteiger partial charge on any atom is 0.275 e. The van der Waals surface area contributed by atoms with Crippen molar-refractivity contribution in [3.63, 3.8) is 0 Å². The van der Waals surface area contributed by atoms with Crippen LogP contribution in [0.15, 0.2) is 28.7 Å². The molecule has 0 bridgehead atoms. The average Bonchev–Trinajstić information content (AvgIpc) is 2.92. The number of nitrogens with zero attached hydrogens (tertiary/aromatic N) is 2. The Hall–Kier alpha value is -1.53. The van der Waals surface area contributed by atoms with Gasteiger partial charge in [-0.3, -0.25) is 9.89 Å². The molecule has 24 heavy (non-hydrogen) atoms. The van der Waals surface area contributed by atoms with Crippen LogP contribution in [0.25, 0.3) is 0 Å². The first-order valence-electron chi connectivity index (χ1n) is 7.77. The minimum Gasteiger partial charge on any atom is -0.493 e. The largest absolute Gasteiger partial charge is 0.493 e. The Kier molecular flexibility index (Phi) is 6.69. The third-order valence-corrected chi connectivity index (χ3v) is 4.60. The summed E-state index contributed by atoms with van der Waals surface area (Å²) < 4.78 is 6.37. The van der Waals surface area contributed by atoms with Crippen molar-refractivity contribution in [1.29, 1.82) is 0 Å². The minimum atomic E-state index is -0.118. The van der Waals surface area contributed by atoms with Gasteiger partial charge in [-0.2, -0.15) is 5.10 Å². The predicted octanol–water partition coefficient (Wildman–Crippen LogP) is 4.49. The van der Waals surface area contributed by atoms with E-state index in [-0.39, 0.29) is 11.8 Å². The SMILES string of the molecule is CC(C)c1[nH]nc(C(=O)N(C)CCCOc2cccc(Cl)c2)c1Br. The first-order chi connectivity index (χ1) is 11.4. The molecule has 2 rings (SSSR count). The number of H-pyrrole nitrogens is 1. The molecule has 0 unspecified atom stereocenters. The molecule has 1 N–H and O–H groups in total. The van der Waals surface area contributed by atoms with Gasteiger partial charge in [-0.1, -0.05) is 31.5 Å². The standard InChI is InChI=1S/C17H21BrClN3O2/c1-11(2)15-14(18)16(21-20-15)17(23)22(3)8-5-9-24-13-7-4-6-12(19)10-13/h4,6-7,10-11H,5,8-9H2,1-3H3,(H,20,21). The quantitative estimate of drug-likeness (QED) is 0.679. The molecular weight excluding hydrogens is 394 g/mol. The van der Waals surface area contributed by atoms with Crippen LogP contribution in [0, 0.1) is 0 Å². The molecule has 0 atom stereocenters. The van der Waals surface area contributed by atoms with Gasteiger partial charge in [0.15, 0.2) is 5.69 Å². The highest BCUT2D eigenvalue weighted by Gasteiger charge is 2.21. The maximum atomic E-state index is 12.5. The van der Waals surface area contributed by atoms with Crippen LogP contribution in [-0.4, -0.2) is 41.2 Å². The number of carbonyl (C=O) groups is 1. The summed E-state index contributed by atoms with van der Waals surface area (Å²) in [6, 6.07) is 7.27. The Morgan fingerprint density at radius 2 is 2.21 bits per heavy atom. The van der Waals surface area contributed by atoms with Crippen molar-refractivity contribution in [1.82, 2.24) is 15.1 Å². The lowest BCUT2D eigenvalue weighted by Gasteiger charge is -2.16. The van der Waals surface area contributed by atoms with E-state index in [4.69, 9.17) is 16.3 Å². The van der Waals surface area contributed by atoms with E-state index in [0.29, 0.717) is 30.3 Å². The fraction of sp³-hybridized carbons (Fsp3) is 0.412. The van der Waals surface area contributed by atoms with Crippen LogP contribution in [0.2, 0.25) is 5.02 Å². The molecule has 0 aliphatic carbocycles. The third kappa shape index (κ3) is 4.74. The van der Waals surface area contributed by atoms with Crippen molar-refractivity contribution in [3.8, 4) is 5.75 Å². The number of hydrogen-bond donors (Lipinski definition) is 1. The number of halogens is 2. The van der Waals surface area contributed by atoms with Gasteiger partial charge in [0.25, 0.3) is 5.91 Å². The van der Waals surface area contributed by atoms with E-state index in [9.17, 15) is 4.79 Å². The smallest absolute Gasteiger partial charge is 0.275 e. The summed E-state index contributed by atoms with van der Waals surface area (Å²) in [4.78, 5) is 14.1. The lowest BCUT2D eigenvalue weighted by atomic mass is 10.1. The van der Waals surface area contributed by atoms with Gasteiger partial charge in [0.1, 0.15) is 5.75 Å². The Balaban J connectivity index is 1.84. The molecule has 0 aliphatic heterocycles. The molecule has 2 aromatic rings.